The molecule has 5 nitrogen and oxygen atoms in total. The Balaban J connectivity index is 2.36. The summed E-state index contributed by atoms with van der Waals surface area (Å²) in [5.41, 5.74) is 0.516. The van der Waals surface area contributed by atoms with E-state index in [1.807, 2.05) is 6.92 Å². The van der Waals surface area contributed by atoms with Gasteiger partial charge in [-0.15, -0.1) is 0 Å². The second-order valence-corrected chi connectivity index (χ2v) is 5.05. The number of nitrogens with one attached hydrogen (secondary N) is 1. The third kappa shape index (κ3) is 3.32. The zero-order valence-electron chi connectivity index (χ0n) is 11.6. The summed E-state index contributed by atoms with van der Waals surface area (Å²) >= 11 is 0. The summed E-state index contributed by atoms with van der Waals surface area (Å²) < 4.78 is 13.5. The molecule has 2 rings (SSSR count). The van der Waals surface area contributed by atoms with Crippen molar-refractivity contribution in [2.75, 3.05) is 26.2 Å². The molecule has 1 aliphatic heterocycles. The van der Waals surface area contributed by atoms with Crippen molar-refractivity contribution in [3.8, 4) is 0 Å². The number of piperazine rings is 1. The van der Waals surface area contributed by atoms with Crippen molar-refractivity contribution in [3.05, 3.63) is 39.7 Å². The zero-order valence-corrected chi connectivity index (χ0v) is 11.6. The van der Waals surface area contributed by atoms with E-state index in [9.17, 15) is 14.5 Å². The minimum atomic E-state index is -0.417. The summed E-state index contributed by atoms with van der Waals surface area (Å²) in [5.74, 6) is -0.415. The first-order valence-electron chi connectivity index (χ1n) is 7.02. The fraction of sp³-hybridized carbons (Fsp3) is 0.571. The number of hydrogen-bond acceptors (Lipinski definition) is 4. The normalized spacial score (nSPS) is 17.9. The standard InChI is InChI=1S/C14H20FN3O2/c1-2-3-13(17-8-6-16-7-9-17)12-10-11(15)4-5-14(12)18(19)20/h4-5,10,13,16H,2-3,6-9H2,1H3/t13-/m0/s1. The van der Waals surface area contributed by atoms with Gasteiger partial charge in [-0.3, -0.25) is 15.0 Å². The summed E-state index contributed by atoms with van der Waals surface area (Å²) in [4.78, 5) is 13.0. The van der Waals surface area contributed by atoms with Crippen molar-refractivity contribution in [1.82, 2.24) is 10.2 Å². The van der Waals surface area contributed by atoms with Crippen LogP contribution in [0.3, 0.4) is 0 Å². The maximum Gasteiger partial charge on any atom is 0.274 e. The zero-order chi connectivity index (χ0) is 14.5. The lowest BCUT2D eigenvalue weighted by Gasteiger charge is -2.35. The van der Waals surface area contributed by atoms with Gasteiger partial charge in [-0.05, 0) is 18.6 Å². The van der Waals surface area contributed by atoms with Crippen LogP contribution in [0.2, 0.25) is 0 Å². The Labute approximate surface area is 117 Å². The van der Waals surface area contributed by atoms with Gasteiger partial charge in [-0.2, -0.15) is 0 Å². The molecular formula is C14H20FN3O2. The van der Waals surface area contributed by atoms with E-state index in [-0.39, 0.29) is 11.7 Å². The van der Waals surface area contributed by atoms with Crippen LogP contribution >= 0.6 is 0 Å². The number of hydrogen-bond donors (Lipinski definition) is 1. The summed E-state index contributed by atoms with van der Waals surface area (Å²) in [5, 5.41) is 14.4. The second-order valence-electron chi connectivity index (χ2n) is 5.05. The van der Waals surface area contributed by atoms with Crippen molar-refractivity contribution >= 4 is 5.69 Å². The minimum absolute atomic E-state index is 0.0170. The predicted molar refractivity (Wildman–Crippen MR) is 75.1 cm³/mol. The molecule has 20 heavy (non-hydrogen) atoms. The van der Waals surface area contributed by atoms with Crippen molar-refractivity contribution in [3.63, 3.8) is 0 Å². The third-order valence-electron chi connectivity index (χ3n) is 3.70. The van der Waals surface area contributed by atoms with Crippen LogP contribution in [-0.2, 0) is 0 Å². The molecule has 0 amide bonds. The highest BCUT2D eigenvalue weighted by molar-refractivity contribution is 5.42. The molecular weight excluding hydrogens is 261 g/mol. The summed E-state index contributed by atoms with van der Waals surface area (Å²) in [6.07, 6.45) is 1.70. The molecule has 0 unspecified atom stereocenters. The van der Waals surface area contributed by atoms with E-state index in [0.717, 1.165) is 45.1 Å². The van der Waals surface area contributed by atoms with E-state index in [1.165, 1.54) is 12.1 Å². The number of nitro groups is 1. The summed E-state index contributed by atoms with van der Waals surface area (Å²) in [7, 11) is 0. The first kappa shape index (κ1) is 14.9. The number of halogens is 1. The Bertz CT molecular complexity index is 475. The molecule has 110 valence electrons. The van der Waals surface area contributed by atoms with Gasteiger partial charge in [0.2, 0.25) is 0 Å². The van der Waals surface area contributed by atoms with Gasteiger partial charge in [0.15, 0.2) is 0 Å². The third-order valence-corrected chi connectivity index (χ3v) is 3.70. The molecule has 1 saturated heterocycles. The lowest BCUT2D eigenvalue weighted by Crippen LogP contribution is -2.45. The average Bonchev–Trinajstić information content (AvgIpc) is 2.45. The Hall–Kier alpha value is -1.53. The van der Waals surface area contributed by atoms with Crippen molar-refractivity contribution in [2.24, 2.45) is 0 Å². The SMILES string of the molecule is CCC[C@@H](c1cc(F)ccc1[N+](=O)[O-])N1CCNCC1. The van der Waals surface area contributed by atoms with Gasteiger partial charge in [0, 0.05) is 43.9 Å². The van der Waals surface area contributed by atoms with Crippen LogP contribution < -0.4 is 5.32 Å². The van der Waals surface area contributed by atoms with Gasteiger partial charge in [-0.25, -0.2) is 4.39 Å². The lowest BCUT2D eigenvalue weighted by atomic mass is 9.98. The number of nitrogens with zero attached hydrogens (tertiary/aromatic N) is 2. The molecule has 1 aromatic rings. The second kappa shape index (κ2) is 6.76. The fourth-order valence-corrected chi connectivity index (χ4v) is 2.76. The average molecular weight is 281 g/mol. The van der Waals surface area contributed by atoms with Gasteiger partial charge >= 0.3 is 0 Å². The largest absolute Gasteiger partial charge is 0.314 e. The molecule has 1 atom stereocenters. The van der Waals surface area contributed by atoms with Crippen LogP contribution in [0.15, 0.2) is 18.2 Å². The molecule has 1 aromatic carbocycles. The number of benzene rings is 1. The Kier molecular flexibility index (Phi) is 5.03. The van der Waals surface area contributed by atoms with Gasteiger partial charge in [0.25, 0.3) is 5.69 Å². The number of rotatable bonds is 5. The highest BCUT2D eigenvalue weighted by Crippen LogP contribution is 2.33. The van der Waals surface area contributed by atoms with Crippen molar-refractivity contribution in [2.45, 2.75) is 25.8 Å². The Morgan fingerprint density at radius 3 is 2.75 bits per heavy atom. The highest BCUT2D eigenvalue weighted by atomic mass is 19.1. The molecule has 6 heteroatoms. The Morgan fingerprint density at radius 2 is 2.15 bits per heavy atom. The molecule has 1 N–H and O–H groups in total. The summed E-state index contributed by atoms with van der Waals surface area (Å²) in [6.45, 7) is 5.43. The molecule has 0 saturated carbocycles. The van der Waals surface area contributed by atoms with Crippen LogP contribution in [0.5, 0.6) is 0 Å². The van der Waals surface area contributed by atoms with Gasteiger partial charge in [0.1, 0.15) is 5.82 Å². The van der Waals surface area contributed by atoms with Gasteiger partial charge in [0.05, 0.1) is 4.92 Å². The maximum atomic E-state index is 13.5. The van der Waals surface area contributed by atoms with E-state index in [0.29, 0.717) is 5.56 Å². The maximum absolute atomic E-state index is 13.5. The van der Waals surface area contributed by atoms with Crippen LogP contribution in [0.4, 0.5) is 10.1 Å². The highest BCUT2D eigenvalue weighted by Gasteiger charge is 2.28. The van der Waals surface area contributed by atoms with E-state index in [4.69, 9.17) is 0 Å². The van der Waals surface area contributed by atoms with Gasteiger partial charge in [-0.1, -0.05) is 13.3 Å². The van der Waals surface area contributed by atoms with E-state index in [1.54, 1.807) is 0 Å². The van der Waals surface area contributed by atoms with Gasteiger partial charge < -0.3 is 5.32 Å². The molecule has 1 fully saturated rings. The summed E-state index contributed by atoms with van der Waals surface area (Å²) in [6, 6.07) is 3.66. The van der Waals surface area contributed by atoms with Crippen LogP contribution in [0.1, 0.15) is 31.4 Å². The molecule has 0 radical (unpaired) electrons. The molecule has 1 aliphatic rings. The van der Waals surface area contributed by atoms with E-state index in [2.05, 4.69) is 10.2 Å². The minimum Gasteiger partial charge on any atom is -0.314 e. The molecule has 0 bridgehead atoms. The van der Waals surface area contributed by atoms with Crippen molar-refractivity contribution in [1.29, 1.82) is 0 Å². The van der Waals surface area contributed by atoms with E-state index >= 15 is 0 Å². The quantitative estimate of drug-likeness (QED) is 0.665. The van der Waals surface area contributed by atoms with E-state index < -0.39 is 10.7 Å². The van der Waals surface area contributed by atoms with Crippen LogP contribution in [-0.4, -0.2) is 36.0 Å². The smallest absolute Gasteiger partial charge is 0.274 e. The molecule has 0 spiro atoms. The molecule has 1 heterocycles. The molecule has 0 aromatic heterocycles. The lowest BCUT2D eigenvalue weighted by molar-refractivity contribution is -0.386. The fourth-order valence-electron chi connectivity index (χ4n) is 2.76. The number of nitro benzene ring substituents is 1. The first-order valence-corrected chi connectivity index (χ1v) is 7.02. The van der Waals surface area contributed by atoms with Crippen LogP contribution in [0.25, 0.3) is 0 Å². The van der Waals surface area contributed by atoms with Crippen molar-refractivity contribution < 1.29 is 9.31 Å². The monoisotopic (exact) mass is 281 g/mol. The predicted octanol–water partition coefficient (Wildman–Crippen LogP) is 2.48. The first-order chi connectivity index (χ1) is 9.63. The topological polar surface area (TPSA) is 58.4 Å². The Morgan fingerprint density at radius 1 is 1.45 bits per heavy atom. The molecule has 0 aliphatic carbocycles. The van der Waals surface area contributed by atoms with Crippen LogP contribution in [0, 0.1) is 15.9 Å².